The summed E-state index contributed by atoms with van der Waals surface area (Å²) in [7, 11) is -3.51. The first kappa shape index (κ1) is 16.4. The Balaban J connectivity index is 2.35. The van der Waals surface area contributed by atoms with Crippen molar-refractivity contribution >= 4 is 10.0 Å². The first-order valence-corrected chi connectivity index (χ1v) is 8.79. The van der Waals surface area contributed by atoms with Crippen LogP contribution in [0.3, 0.4) is 0 Å². The van der Waals surface area contributed by atoms with Gasteiger partial charge in [-0.3, -0.25) is 0 Å². The highest BCUT2D eigenvalue weighted by Crippen LogP contribution is 2.25. The number of hydrogen-bond acceptors (Lipinski definition) is 4. The van der Waals surface area contributed by atoms with Crippen molar-refractivity contribution in [2.24, 2.45) is 5.73 Å². The van der Waals surface area contributed by atoms with Crippen LogP contribution in [0.4, 0.5) is 0 Å². The fraction of sp³-hybridized carbons (Fsp3) is 0.600. The fourth-order valence-electron chi connectivity index (χ4n) is 2.48. The molecule has 1 aliphatic rings. The minimum absolute atomic E-state index is 0.0861. The summed E-state index contributed by atoms with van der Waals surface area (Å²) in [5.41, 5.74) is 6.86. The van der Waals surface area contributed by atoms with Gasteiger partial charge in [-0.15, -0.1) is 0 Å². The summed E-state index contributed by atoms with van der Waals surface area (Å²) in [6.45, 7) is 6.54. The number of benzene rings is 1. The van der Waals surface area contributed by atoms with E-state index in [0.717, 1.165) is 12.0 Å². The zero-order valence-electron chi connectivity index (χ0n) is 12.8. The van der Waals surface area contributed by atoms with Crippen LogP contribution >= 0.6 is 0 Å². The maximum absolute atomic E-state index is 12.8. The van der Waals surface area contributed by atoms with Gasteiger partial charge in [-0.2, -0.15) is 4.31 Å². The molecule has 5 nitrogen and oxygen atoms in total. The second-order valence-electron chi connectivity index (χ2n) is 5.65. The first-order chi connectivity index (χ1) is 9.86. The van der Waals surface area contributed by atoms with E-state index in [0.29, 0.717) is 18.0 Å². The van der Waals surface area contributed by atoms with E-state index in [2.05, 4.69) is 0 Å². The van der Waals surface area contributed by atoms with Gasteiger partial charge in [-0.25, -0.2) is 8.42 Å². The lowest BCUT2D eigenvalue weighted by molar-refractivity contribution is -0.0170. The summed E-state index contributed by atoms with van der Waals surface area (Å²) in [6, 6.07) is 6.66. The zero-order chi connectivity index (χ0) is 15.6. The van der Waals surface area contributed by atoms with Crippen molar-refractivity contribution in [1.82, 2.24) is 4.31 Å². The van der Waals surface area contributed by atoms with Crippen LogP contribution in [0.15, 0.2) is 29.2 Å². The molecule has 3 atom stereocenters. The van der Waals surface area contributed by atoms with E-state index in [9.17, 15) is 8.42 Å². The molecule has 1 aliphatic heterocycles. The van der Waals surface area contributed by atoms with Gasteiger partial charge in [0.1, 0.15) is 0 Å². The first-order valence-electron chi connectivity index (χ1n) is 7.35. The predicted molar refractivity (Wildman–Crippen MR) is 82.4 cm³/mol. The molecule has 118 valence electrons. The van der Waals surface area contributed by atoms with Gasteiger partial charge >= 0.3 is 0 Å². The summed E-state index contributed by atoms with van der Waals surface area (Å²) in [5, 5.41) is 0. The zero-order valence-corrected chi connectivity index (χ0v) is 13.6. The van der Waals surface area contributed by atoms with Gasteiger partial charge in [0.25, 0.3) is 0 Å². The predicted octanol–water partition coefficient (Wildman–Crippen LogP) is 1.89. The number of nitrogens with zero attached hydrogens (tertiary/aromatic N) is 1. The number of morpholine rings is 1. The third kappa shape index (κ3) is 3.45. The molecule has 0 saturated carbocycles. The van der Waals surface area contributed by atoms with Gasteiger partial charge < -0.3 is 10.5 Å². The third-order valence-corrected chi connectivity index (χ3v) is 5.86. The molecule has 2 N–H and O–H groups in total. The van der Waals surface area contributed by atoms with Crippen LogP contribution < -0.4 is 5.73 Å². The highest BCUT2D eigenvalue weighted by atomic mass is 32.2. The molecule has 2 rings (SSSR count). The molecule has 0 aliphatic carbocycles. The van der Waals surface area contributed by atoms with E-state index in [-0.39, 0.29) is 18.2 Å². The Labute approximate surface area is 127 Å². The van der Waals surface area contributed by atoms with Crippen LogP contribution in [-0.4, -0.2) is 38.0 Å². The second-order valence-corrected chi connectivity index (χ2v) is 7.55. The number of rotatable bonds is 4. The molecule has 1 fully saturated rings. The molecule has 1 aromatic rings. The highest BCUT2D eigenvalue weighted by Gasteiger charge is 2.34. The minimum atomic E-state index is -3.51. The Morgan fingerprint density at radius 3 is 2.81 bits per heavy atom. The Bertz CT molecular complexity index is 588. The SMILES string of the molecule is CCC(N)c1cccc(S(=O)(=O)N2CC(C)OCC2C)c1. The third-order valence-electron chi connectivity index (χ3n) is 3.88. The molecule has 3 unspecified atom stereocenters. The van der Waals surface area contributed by atoms with Gasteiger partial charge in [0.2, 0.25) is 10.0 Å². The molecule has 21 heavy (non-hydrogen) atoms. The Kier molecular flexibility index (Phi) is 5.03. The van der Waals surface area contributed by atoms with Gasteiger partial charge in [0.05, 0.1) is 17.6 Å². The number of ether oxygens (including phenoxy) is 1. The van der Waals surface area contributed by atoms with Crippen molar-refractivity contribution in [3.63, 3.8) is 0 Å². The van der Waals surface area contributed by atoms with Crippen molar-refractivity contribution in [2.75, 3.05) is 13.2 Å². The van der Waals surface area contributed by atoms with Crippen LogP contribution in [0.1, 0.15) is 38.8 Å². The van der Waals surface area contributed by atoms with Crippen molar-refractivity contribution in [3.8, 4) is 0 Å². The van der Waals surface area contributed by atoms with E-state index in [4.69, 9.17) is 10.5 Å². The monoisotopic (exact) mass is 312 g/mol. The topological polar surface area (TPSA) is 72.6 Å². The molecule has 0 radical (unpaired) electrons. The minimum Gasteiger partial charge on any atom is -0.375 e. The van der Waals surface area contributed by atoms with Crippen LogP contribution in [0, 0.1) is 0 Å². The van der Waals surface area contributed by atoms with E-state index in [1.165, 1.54) is 4.31 Å². The van der Waals surface area contributed by atoms with Gasteiger partial charge in [0, 0.05) is 18.6 Å². The molecule has 6 heteroatoms. The normalized spacial score (nSPS) is 25.7. The summed E-state index contributed by atoms with van der Waals surface area (Å²) in [4.78, 5) is 0.310. The maximum atomic E-state index is 12.8. The van der Waals surface area contributed by atoms with Gasteiger partial charge in [0.15, 0.2) is 0 Å². The smallest absolute Gasteiger partial charge is 0.243 e. The van der Waals surface area contributed by atoms with E-state index < -0.39 is 10.0 Å². The summed E-state index contributed by atoms with van der Waals surface area (Å²) >= 11 is 0. The van der Waals surface area contributed by atoms with E-state index >= 15 is 0 Å². The lowest BCUT2D eigenvalue weighted by Crippen LogP contribution is -2.50. The lowest BCUT2D eigenvalue weighted by atomic mass is 10.1. The number of hydrogen-bond donors (Lipinski definition) is 1. The molecule has 0 aromatic heterocycles. The summed E-state index contributed by atoms with van der Waals surface area (Å²) < 4.78 is 32.7. The lowest BCUT2D eigenvalue weighted by Gasteiger charge is -2.35. The molecule has 1 saturated heterocycles. The highest BCUT2D eigenvalue weighted by molar-refractivity contribution is 7.89. The van der Waals surface area contributed by atoms with Crippen LogP contribution in [-0.2, 0) is 14.8 Å². The quantitative estimate of drug-likeness (QED) is 0.921. The van der Waals surface area contributed by atoms with Gasteiger partial charge in [-0.1, -0.05) is 19.1 Å². The van der Waals surface area contributed by atoms with Crippen LogP contribution in [0.2, 0.25) is 0 Å². The van der Waals surface area contributed by atoms with Crippen molar-refractivity contribution in [3.05, 3.63) is 29.8 Å². The average molecular weight is 312 g/mol. The Morgan fingerprint density at radius 1 is 1.43 bits per heavy atom. The number of sulfonamides is 1. The molecule has 1 aromatic carbocycles. The van der Waals surface area contributed by atoms with Gasteiger partial charge in [-0.05, 0) is 38.0 Å². The van der Waals surface area contributed by atoms with E-state index in [1.54, 1.807) is 18.2 Å². The Hall–Kier alpha value is -0.950. The molecule has 0 spiro atoms. The summed E-state index contributed by atoms with van der Waals surface area (Å²) in [6.07, 6.45) is 0.686. The van der Waals surface area contributed by atoms with Crippen LogP contribution in [0.5, 0.6) is 0 Å². The molecular formula is C15H24N2O3S. The average Bonchev–Trinajstić information content (AvgIpc) is 2.49. The van der Waals surface area contributed by atoms with E-state index in [1.807, 2.05) is 26.8 Å². The standard InChI is InChI=1S/C15H24N2O3S/c1-4-15(16)13-6-5-7-14(8-13)21(18,19)17-9-12(3)20-10-11(17)2/h5-8,11-12,15H,4,9-10,16H2,1-3H3. The fourth-order valence-corrected chi connectivity index (χ4v) is 4.23. The molecule has 1 heterocycles. The number of nitrogens with two attached hydrogens (primary N) is 1. The van der Waals surface area contributed by atoms with Crippen molar-refractivity contribution < 1.29 is 13.2 Å². The largest absolute Gasteiger partial charge is 0.375 e. The second kappa shape index (κ2) is 6.44. The van der Waals surface area contributed by atoms with Crippen LogP contribution in [0.25, 0.3) is 0 Å². The van der Waals surface area contributed by atoms with Crippen molar-refractivity contribution in [2.45, 2.75) is 50.3 Å². The Morgan fingerprint density at radius 2 is 2.14 bits per heavy atom. The van der Waals surface area contributed by atoms with Crippen molar-refractivity contribution in [1.29, 1.82) is 0 Å². The maximum Gasteiger partial charge on any atom is 0.243 e. The molecule has 0 amide bonds. The molecule has 0 bridgehead atoms. The molecular weight excluding hydrogens is 288 g/mol. The summed E-state index contributed by atoms with van der Waals surface area (Å²) in [5.74, 6) is 0.